The molecule has 0 bridgehead atoms. The number of halogens is 4. The van der Waals surface area contributed by atoms with Crippen molar-refractivity contribution >= 4 is 11.9 Å². The van der Waals surface area contributed by atoms with Crippen LogP contribution < -0.4 is 5.43 Å². The van der Waals surface area contributed by atoms with Gasteiger partial charge < -0.3 is 0 Å². The van der Waals surface area contributed by atoms with Gasteiger partial charge in [-0.25, -0.2) is 4.68 Å². The first-order chi connectivity index (χ1) is 11.6. The van der Waals surface area contributed by atoms with E-state index in [2.05, 4.69) is 15.2 Å². The minimum absolute atomic E-state index is 0.502. The summed E-state index contributed by atoms with van der Waals surface area (Å²) in [5.41, 5.74) is 2.17. The lowest BCUT2D eigenvalue weighted by atomic mass is 10.3. The summed E-state index contributed by atoms with van der Waals surface area (Å²) in [5.74, 6) is -6.84. The fraction of sp³-hybridized carbons (Fsp3) is 0. The Morgan fingerprint density at radius 2 is 1.67 bits per heavy atom. The molecule has 24 heavy (non-hydrogen) atoms. The second kappa shape index (κ2) is 6.49. The van der Waals surface area contributed by atoms with Crippen LogP contribution in [0, 0.1) is 23.5 Å². The van der Waals surface area contributed by atoms with Crippen molar-refractivity contribution in [3.05, 3.63) is 71.8 Å². The SMILES string of the molecule is Fc1nc(F)c(F)c(N/N=C\c2cnn(-c3ccccc3)c2)c1F. The van der Waals surface area contributed by atoms with Crippen LogP contribution in [0.3, 0.4) is 0 Å². The van der Waals surface area contributed by atoms with Crippen molar-refractivity contribution in [1.29, 1.82) is 0 Å². The van der Waals surface area contributed by atoms with E-state index in [0.717, 1.165) is 5.69 Å². The van der Waals surface area contributed by atoms with Crippen molar-refractivity contribution < 1.29 is 17.6 Å². The van der Waals surface area contributed by atoms with Gasteiger partial charge in [0.2, 0.25) is 11.6 Å². The maximum Gasteiger partial charge on any atom is 0.254 e. The number of anilines is 1. The van der Waals surface area contributed by atoms with Crippen molar-refractivity contribution in [3.63, 3.8) is 0 Å². The molecule has 2 heterocycles. The van der Waals surface area contributed by atoms with Crippen molar-refractivity contribution in [2.75, 3.05) is 5.43 Å². The van der Waals surface area contributed by atoms with Gasteiger partial charge in [0.15, 0.2) is 0 Å². The number of nitrogens with zero attached hydrogens (tertiary/aromatic N) is 4. The Morgan fingerprint density at radius 1 is 1.00 bits per heavy atom. The third kappa shape index (κ3) is 3.09. The van der Waals surface area contributed by atoms with Crippen molar-refractivity contribution in [1.82, 2.24) is 14.8 Å². The van der Waals surface area contributed by atoms with Crippen LogP contribution in [0.1, 0.15) is 5.56 Å². The Morgan fingerprint density at radius 3 is 2.33 bits per heavy atom. The fourth-order valence-electron chi connectivity index (χ4n) is 1.88. The zero-order valence-electron chi connectivity index (χ0n) is 11.9. The number of hydrogen-bond donors (Lipinski definition) is 1. The first kappa shape index (κ1) is 15.7. The molecular weight excluding hydrogens is 326 g/mol. The normalized spacial score (nSPS) is 11.2. The van der Waals surface area contributed by atoms with Crippen LogP contribution in [0.15, 0.2) is 47.8 Å². The molecule has 1 N–H and O–H groups in total. The van der Waals surface area contributed by atoms with Crippen LogP contribution in [0.2, 0.25) is 0 Å². The molecule has 5 nitrogen and oxygen atoms in total. The lowest BCUT2D eigenvalue weighted by Gasteiger charge is -2.04. The number of nitrogens with one attached hydrogen (secondary N) is 1. The predicted molar refractivity (Wildman–Crippen MR) is 78.8 cm³/mol. The van der Waals surface area contributed by atoms with Gasteiger partial charge in [0.1, 0.15) is 5.69 Å². The van der Waals surface area contributed by atoms with E-state index in [0.29, 0.717) is 5.56 Å². The molecule has 0 saturated carbocycles. The van der Waals surface area contributed by atoms with E-state index < -0.39 is 29.2 Å². The summed E-state index contributed by atoms with van der Waals surface area (Å²) in [5, 5.41) is 7.65. The van der Waals surface area contributed by atoms with Gasteiger partial charge in [-0.1, -0.05) is 18.2 Å². The molecule has 122 valence electrons. The Labute approximate surface area is 133 Å². The van der Waals surface area contributed by atoms with Gasteiger partial charge in [0.05, 0.1) is 18.1 Å². The molecule has 0 amide bonds. The summed E-state index contributed by atoms with van der Waals surface area (Å²) >= 11 is 0. The van der Waals surface area contributed by atoms with E-state index in [4.69, 9.17) is 0 Å². The van der Waals surface area contributed by atoms with E-state index in [1.165, 1.54) is 12.4 Å². The minimum atomic E-state index is -1.76. The number of para-hydroxylation sites is 1. The van der Waals surface area contributed by atoms with Gasteiger partial charge in [-0.3, -0.25) is 5.43 Å². The first-order valence-electron chi connectivity index (χ1n) is 6.65. The molecular formula is C15H9F4N5. The summed E-state index contributed by atoms with van der Waals surface area (Å²) in [6.45, 7) is 0. The summed E-state index contributed by atoms with van der Waals surface area (Å²) < 4.78 is 54.3. The number of hydrogen-bond acceptors (Lipinski definition) is 4. The molecule has 3 rings (SSSR count). The summed E-state index contributed by atoms with van der Waals surface area (Å²) in [6, 6.07) is 9.20. The molecule has 0 aliphatic carbocycles. The number of aromatic nitrogens is 3. The van der Waals surface area contributed by atoms with E-state index in [-0.39, 0.29) is 0 Å². The third-order valence-electron chi connectivity index (χ3n) is 3.01. The average molecular weight is 335 g/mol. The monoisotopic (exact) mass is 335 g/mol. The van der Waals surface area contributed by atoms with Crippen molar-refractivity contribution in [2.24, 2.45) is 5.10 Å². The zero-order chi connectivity index (χ0) is 17.1. The lowest BCUT2D eigenvalue weighted by molar-refractivity contribution is 0.411. The molecule has 0 saturated heterocycles. The van der Waals surface area contributed by atoms with Crippen LogP contribution in [-0.4, -0.2) is 21.0 Å². The third-order valence-corrected chi connectivity index (χ3v) is 3.01. The number of benzene rings is 1. The smallest absolute Gasteiger partial charge is 0.254 e. The standard InChI is InChI=1S/C15H9F4N5/c16-11-13(12(17)15(19)22-14(11)18)23-20-6-9-7-21-24(8-9)10-4-2-1-3-5-10/h1-8H,(H,22,23)/b20-6-. The van der Waals surface area contributed by atoms with Gasteiger partial charge in [0, 0.05) is 11.8 Å². The van der Waals surface area contributed by atoms with Crippen LogP contribution in [0.5, 0.6) is 0 Å². The molecule has 0 atom stereocenters. The molecule has 0 fully saturated rings. The summed E-state index contributed by atoms with van der Waals surface area (Å²) in [7, 11) is 0. The Hall–Kier alpha value is -3.23. The van der Waals surface area contributed by atoms with Crippen LogP contribution in [0.25, 0.3) is 5.69 Å². The maximum absolute atomic E-state index is 13.4. The molecule has 3 aromatic rings. The van der Waals surface area contributed by atoms with Gasteiger partial charge >= 0.3 is 0 Å². The van der Waals surface area contributed by atoms with Gasteiger partial charge in [-0.15, -0.1) is 0 Å². The van der Waals surface area contributed by atoms with Gasteiger partial charge in [-0.05, 0) is 12.1 Å². The van der Waals surface area contributed by atoms with Crippen LogP contribution in [0.4, 0.5) is 23.2 Å². The van der Waals surface area contributed by atoms with Crippen molar-refractivity contribution in [3.8, 4) is 5.69 Å². The molecule has 0 radical (unpaired) electrons. The van der Waals surface area contributed by atoms with Crippen molar-refractivity contribution in [2.45, 2.75) is 0 Å². The first-order valence-corrected chi connectivity index (χ1v) is 6.65. The second-order valence-electron chi connectivity index (χ2n) is 4.62. The average Bonchev–Trinajstić information content (AvgIpc) is 3.06. The van der Waals surface area contributed by atoms with E-state index >= 15 is 0 Å². The molecule has 0 aliphatic heterocycles. The fourth-order valence-corrected chi connectivity index (χ4v) is 1.88. The molecule has 9 heteroatoms. The highest BCUT2D eigenvalue weighted by Crippen LogP contribution is 2.21. The largest absolute Gasteiger partial charge is 0.272 e. The predicted octanol–water partition coefficient (Wildman–Crippen LogP) is 3.27. The topological polar surface area (TPSA) is 55.1 Å². The van der Waals surface area contributed by atoms with Crippen LogP contribution in [-0.2, 0) is 0 Å². The quantitative estimate of drug-likeness (QED) is 0.345. The molecule has 2 aromatic heterocycles. The Balaban J connectivity index is 1.78. The molecule has 0 spiro atoms. The lowest BCUT2D eigenvalue weighted by Crippen LogP contribution is -2.05. The number of hydrazone groups is 1. The van der Waals surface area contributed by atoms with E-state index in [1.807, 2.05) is 35.8 Å². The Bertz CT molecular complexity index is 866. The number of rotatable bonds is 4. The Kier molecular flexibility index (Phi) is 4.23. The zero-order valence-corrected chi connectivity index (χ0v) is 11.9. The van der Waals surface area contributed by atoms with E-state index in [9.17, 15) is 17.6 Å². The van der Waals surface area contributed by atoms with Gasteiger partial charge in [-0.2, -0.15) is 32.7 Å². The number of pyridine rings is 1. The van der Waals surface area contributed by atoms with E-state index in [1.54, 1.807) is 10.9 Å². The summed E-state index contributed by atoms with van der Waals surface area (Å²) in [4.78, 5) is 2.45. The highest BCUT2D eigenvalue weighted by molar-refractivity contribution is 5.79. The highest BCUT2D eigenvalue weighted by atomic mass is 19.2. The van der Waals surface area contributed by atoms with Gasteiger partial charge in [0.25, 0.3) is 11.9 Å². The van der Waals surface area contributed by atoms with Crippen LogP contribution >= 0.6 is 0 Å². The molecule has 1 aromatic carbocycles. The second-order valence-corrected chi connectivity index (χ2v) is 4.62. The molecule has 0 unspecified atom stereocenters. The highest BCUT2D eigenvalue weighted by Gasteiger charge is 2.20. The molecule has 0 aliphatic rings. The minimum Gasteiger partial charge on any atom is -0.272 e. The maximum atomic E-state index is 13.4. The summed E-state index contributed by atoms with van der Waals surface area (Å²) in [6.07, 6.45) is 4.26.